The molecule has 0 radical (unpaired) electrons. The lowest BCUT2D eigenvalue weighted by molar-refractivity contribution is -0.127. The summed E-state index contributed by atoms with van der Waals surface area (Å²) in [4.78, 5) is 20.1. The minimum Gasteiger partial charge on any atom is -0.353 e. The summed E-state index contributed by atoms with van der Waals surface area (Å²) in [7, 11) is 5.42. The van der Waals surface area contributed by atoms with Crippen LogP contribution >= 0.6 is 0 Å². The summed E-state index contributed by atoms with van der Waals surface area (Å²) < 4.78 is 1.84. The topological polar surface area (TPSA) is 65.8 Å². The van der Waals surface area contributed by atoms with Gasteiger partial charge in [0.1, 0.15) is 6.54 Å². The van der Waals surface area contributed by atoms with Crippen molar-refractivity contribution in [3.8, 4) is 0 Å². The predicted molar refractivity (Wildman–Crippen MR) is 96.0 cm³/mol. The van der Waals surface area contributed by atoms with Gasteiger partial charge in [0.15, 0.2) is 5.96 Å². The van der Waals surface area contributed by atoms with Crippen LogP contribution in [0.2, 0.25) is 0 Å². The molecule has 1 atom stereocenters. The zero-order valence-electron chi connectivity index (χ0n) is 15.1. The van der Waals surface area contributed by atoms with Crippen LogP contribution in [0.4, 0.5) is 0 Å². The summed E-state index contributed by atoms with van der Waals surface area (Å²) in [5, 5.41) is 7.58. The molecule has 1 aromatic heterocycles. The third kappa shape index (κ3) is 4.84. The fraction of sp³-hybridized carbons (Fsp3) is 0.588. The van der Waals surface area contributed by atoms with Gasteiger partial charge in [-0.2, -0.15) is 5.10 Å². The number of carbonyl (C=O) groups is 1. The number of likely N-dealkylation sites (tertiary alicyclic amines) is 1. The highest BCUT2D eigenvalue weighted by Crippen LogP contribution is 2.26. The first-order valence-corrected chi connectivity index (χ1v) is 8.23. The summed E-state index contributed by atoms with van der Waals surface area (Å²) in [6.45, 7) is 8.49. The maximum absolute atomic E-state index is 11.8. The fourth-order valence-corrected chi connectivity index (χ4v) is 2.66. The Bertz CT molecular complexity index is 618. The Kier molecular flexibility index (Phi) is 6.00. The van der Waals surface area contributed by atoms with Gasteiger partial charge >= 0.3 is 0 Å². The van der Waals surface area contributed by atoms with Gasteiger partial charge in [-0.25, -0.2) is 4.99 Å². The van der Waals surface area contributed by atoms with E-state index in [1.807, 2.05) is 24.9 Å². The lowest BCUT2D eigenvalue weighted by Crippen LogP contribution is -2.41. The number of carbonyl (C=O) groups excluding carboxylic acids is 1. The second-order valence-corrected chi connectivity index (χ2v) is 6.62. The van der Waals surface area contributed by atoms with Gasteiger partial charge in [-0.1, -0.05) is 12.2 Å². The van der Waals surface area contributed by atoms with E-state index in [2.05, 4.69) is 33.1 Å². The number of aliphatic imine (C=N–C) groups is 1. The average molecular weight is 332 g/mol. The zero-order valence-corrected chi connectivity index (χ0v) is 15.1. The van der Waals surface area contributed by atoms with Gasteiger partial charge in [0.05, 0.1) is 6.20 Å². The van der Waals surface area contributed by atoms with E-state index in [1.165, 1.54) is 5.56 Å². The molecule has 0 spiro atoms. The number of nitrogens with one attached hydrogen (secondary N) is 1. The Morgan fingerprint density at radius 1 is 1.54 bits per heavy atom. The third-order valence-electron chi connectivity index (χ3n) is 4.10. The molecule has 1 saturated heterocycles. The molecule has 2 heterocycles. The summed E-state index contributed by atoms with van der Waals surface area (Å²) in [6.07, 6.45) is 5.06. The summed E-state index contributed by atoms with van der Waals surface area (Å²) in [5.74, 6) is 1.22. The van der Waals surface area contributed by atoms with Crippen molar-refractivity contribution >= 4 is 11.9 Å². The highest BCUT2D eigenvalue weighted by molar-refractivity contribution is 5.85. The Labute approximate surface area is 144 Å². The van der Waals surface area contributed by atoms with Gasteiger partial charge in [0, 0.05) is 52.9 Å². The molecule has 1 aromatic rings. The van der Waals surface area contributed by atoms with Crippen LogP contribution in [0.1, 0.15) is 24.8 Å². The zero-order chi connectivity index (χ0) is 17.7. The van der Waals surface area contributed by atoms with Crippen molar-refractivity contribution < 1.29 is 4.79 Å². The van der Waals surface area contributed by atoms with E-state index >= 15 is 0 Å². The number of aryl methyl sites for hydroxylation is 1. The lowest BCUT2D eigenvalue weighted by Gasteiger charge is -2.22. The molecule has 0 aliphatic carbocycles. The molecular weight excluding hydrogens is 304 g/mol. The molecule has 0 aromatic carbocycles. The number of aromatic nitrogens is 2. The monoisotopic (exact) mass is 332 g/mol. The molecule has 2 rings (SSSR count). The van der Waals surface area contributed by atoms with Crippen LogP contribution in [0.3, 0.4) is 0 Å². The van der Waals surface area contributed by atoms with E-state index in [0.717, 1.165) is 31.0 Å². The first-order valence-electron chi connectivity index (χ1n) is 8.23. The number of hydrogen-bond acceptors (Lipinski definition) is 3. The van der Waals surface area contributed by atoms with E-state index in [9.17, 15) is 4.79 Å². The van der Waals surface area contributed by atoms with E-state index in [0.29, 0.717) is 12.5 Å². The molecule has 1 amide bonds. The molecule has 1 aliphatic rings. The van der Waals surface area contributed by atoms with Crippen LogP contribution in [-0.2, 0) is 11.8 Å². The number of hydrogen-bond donors (Lipinski definition) is 1. The molecule has 132 valence electrons. The molecule has 24 heavy (non-hydrogen) atoms. The average Bonchev–Trinajstić information content (AvgIpc) is 3.15. The van der Waals surface area contributed by atoms with Gasteiger partial charge in [0.25, 0.3) is 0 Å². The number of guanidine groups is 1. The largest absolute Gasteiger partial charge is 0.353 e. The molecule has 1 fully saturated rings. The highest BCUT2D eigenvalue weighted by Gasteiger charge is 2.27. The minimum atomic E-state index is -0.00682. The number of nitrogens with zero attached hydrogens (tertiary/aromatic N) is 5. The molecule has 7 heteroatoms. The summed E-state index contributed by atoms with van der Waals surface area (Å²) in [6, 6.07) is 0. The lowest BCUT2D eigenvalue weighted by atomic mass is 10.0. The fourth-order valence-electron chi connectivity index (χ4n) is 2.66. The maximum Gasteiger partial charge on any atom is 0.243 e. The van der Waals surface area contributed by atoms with E-state index in [4.69, 9.17) is 0 Å². The van der Waals surface area contributed by atoms with Crippen molar-refractivity contribution in [3.05, 3.63) is 30.1 Å². The second kappa shape index (κ2) is 7.99. The van der Waals surface area contributed by atoms with E-state index in [-0.39, 0.29) is 12.5 Å². The van der Waals surface area contributed by atoms with Gasteiger partial charge in [-0.15, -0.1) is 0 Å². The molecule has 0 saturated carbocycles. The van der Waals surface area contributed by atoms with Crippen molar-refractivity contribution in [2.75, 3.05) is 40.3 Å². The van der Waals surface area contributed by atoms with Crippen molar-refractivity contribution in [1.29, 1.82) is 0 Å². The standard InChI is InChI=1S/C17H28N6O/c1-13(2)8-18-17(19-10-16(24)21(3)4)23-7-6-14(12-23)15-9-20-22(5)11-15/h9,11,14H,1,6-8,10,12H2,2-5H3,(H,18,19). The van der Waals surface area contributed by atoms with Crippen LogP contribution < -0.4 is 5.32 Å². The van der Waals surface area contributed by atoms with Crippen molar-refractivity contribution in [1.82, 2.24) is 24.9 Å². The first kappa shape index (κ1) is 18.0. The normalized spacial score (nSPS) is 17.9. The molecule has 7 nitrogen and oxygen atoms in total. The number of amides is 1. The summed E-state index contributed by atoms with van der Waals surface area (Å²) >= 11 is 0. The van der Waals surface area contributed by atoms with Crippen molar-refractivity contribution in [2.45, 2.75) is 19.3 Å². The predicted octanol–water partition coefficient (Wildman–Crippen LogP) is 0.819. The van der Waals surface area contributed by atoms with Crippen LogP contribution in [0.15, 0.2) is 29.5 Å². The maximum atomic E-state index is 11.8. The quantitative estimate of drug-likeness (QED) is 0.492. The van der Waals surface area contributed by atoms with E-state index < -0.39 is 0 Å². The van der Waals surface area contributed by atoms with Crippen LogP contribution in [-0.4, -0.2) is 71.7 Å². The van der Waals surface area contributed by atoms with Crippen molar-refractivity contribution in [3.63, 3.8) is 0 Å². The van der Waals surface area contributed by atoms with Crippen LogP contribution in [0.5, 0.6) is 0 Å². The van der Waals surface area contributed by atoms with Crippen LogP contribution in [0.25, 0.3) is 0 Å². The molecule has 0 bridgehead atoms. The number of likely N-dealkylation sites (N-methyl/N-ethyl adjacent to an activating group) is 1. The van der Waals surface area contributed by atoms with Gasteiger partial charge in [-0.05, 0) is 18.9 Å². The van der Waals surface area contributed by atoms with E-state index in [1.54, 1.807) is 19.0 Å². The smallest absolute Gasteiger partial charge is 0.243 e. The second-order valence-electron chi connectivity index (χ2n) is 6.62. The first-order chi connectivity index (χ1) is 11.4. The summed E-state index contributed by atoms with van der Waals surface area (Å²) in [5.41, 5.74) is 2.29. The molecule has 1 N–H and O–H groups in total. The number of rotatable bonds is 5. The Morgan fingerprint density at radius 2 is 2.29 bits per heavy atom. The van der Waals surface area contributed by atoms with Crippen molar-refractivity contribution in [2.24, 2.45) is 12.0 Å². The van der Waals surface area contributed by atoms with Crippen LogP contribution in [0, 0.1) is 0 Å². The van der Waals surface area contributed by atoms with Gasteiger partial charge in [0.2, 0.25) is 5.91 Å². The van der Waals surface area contributed by atoms with Gasteiger partial charge < -0.3 is 15.1 Å². The Morgan fingerprint density at radius 3 is 2.88 bits per heavy atom. The Balaban J connectivity index is 2.04. The molecule has 1 aliphatic heterocycles. The molecule has 1 unspecified atom stereocenters. The SMILES string of the molecule is C=C(C)CNC(=NCC(=O)N(C)C)N1CCC(c2cnn(C)c2)C1. The molecular formula is C17H28N6O. The minimum absolute atomic E-state index is 0.00682. The van der Waals surface area contributed by atoms with Gasteiger partial charge in [-0.3, -0.25) is 9.48 Å². The third-order valence-corrected chi connectivity index (χ3v) is 4.10. The highest BCUT2D eigenvalue weighted by atomic mass is 16.2. The Hall–Kier alpha value is -2.31.